The minimum Gasteiger partial charge on any atom is -0.492 e. The van der Waals surface area contributed by atoms with Crippen molar-refractivity contribution in [3.8, 4) is 5.75 Å². The van der Waals surface area contributed by atoms with Crippen LogP contribution in [0.5, 0.6) is 5.75 Å². The summed E-state index contributed by atoms with van der Waals surface area (Å²) in [6.07, 6.45) is 1.66. The van der Waals surface area contributed by atoms with Crippen molar-refractivity contribution in [3.05, 3.63) is 90.0 Å². The van der Waals surface area contributed by atoms with Crippen molar-refractivity contribution in [2.45, 2.75) is 24.7 Å². The van der Waals surface area contributed by atoms with Gasteiger partial charge in [0.1, 0.15) is 10.6 Å². The van der Waals surface area contributed by atoms with Gasteiger partial charge in [-0.2, -0.15) is 0 Å². The number of ether oxygens (including phenoxy) is 1. The molecule has 34 heavy (non-hydrogen) atoms. The van der Waals surface area contributed by atoms with Gasteiger partial charge in [0, 0.05) is 17.4 Å². The van der Waals surface area contributed by atoms with E-state index in [-0.39, 0.29) is 23.9 Å². The molecule has 0 heterocycles. The summed E-state index contributed by atoms with van der Waals surface area (Å²) in [4.78, 5) is 12.7. The standard InChI is InChI=1S/C26H28N2O5S/c1-4-19-15-22(12-11-18(19)3)28-34(31,32)25-14-13-21(16-24(25)33-5-2)27-26(30)23(17-29)20-9-7-6-8-10-20/h4,6-16,23,28-29H,1,5,17H2,2-3H3,(H,27,30)/t23-/m0/s1. The lowest BCUT2D eigenvalue weighted by Crippen LogP contribution is -2.24. The molecular weight excluding hydrogens is 452 g/mol. The Hall–Kier alpha value is -3.62. The van der Waals surface area contributed by atoms with Gasteiger partial charge in [-0.1, -0.05) is 49.1 Å². The maximum absolute atomic E-state index is 13.1. The summed E-state index contributed by atoms with van der Waals surface area (Å²) in [7, 11) is -3.98. The molecule has 1 amide bonds. The Bertz CT molecular complexity index is 1270. The highest BCUT2D eigenvalue weighted by Gasteiger charge is 2.23. The first kappa shape index (κ1) is 25.0. The highest BCUT2D eigenvalue weighted by Crippen LogP contribution is 2.30. The summed E-state index contributed by atoms with van der Waals surface area (Å²) in [5.74, 6) is -1.08. The van der Waals surface area contributed by atoms with Gasteiger partial charge in [-0.25, -0.2) is 8.42 Å². The minimum atomic E-state index is -3.98. The SMILES string of the molecule is C=Cc1cc(NS(=O)(=O)c2ccc(NC(=O)[C@@H](CO)c3ccccc3)cc2OCC)ccc1C. The van der Waals surface area contributed by atoms with Gasteiger partial charge < -0.3 is 15.2 Å². The van der Waals surface area contributed by atoms with Crippen molar-refractivity contribution in [3.63, 3.8) is 0 Å². The van der Waals surface area contributed by atoms with E-state index in [9.17, 15) is 18.3 Å². The van der Waals surface area contributed by atoms with Crippen molar-refractivity contribution in [1.29, 1.82) is 0 Å². The van der Waals surface area contributed by atoms with E-state index in [0.29, 0.717) is 16.9 Å². The Morgan fingerprint density at radius 2 is 1.79 bits per heavy atom. The molecule has 0 radical (unpaired) electrons. The molecule has 3 aromatic rings. The number of aliphatic hydroxyl groups excluding tert-OH is 1. The molecule has 0 aliphatic carbocycles. The number of hydrogen-bond acceptors (Lipinski definition) is 5. The van der Waals surface area contributed by atoms with Crippen molar-refractivity contribution in [2.24, 2.45) is 0 Å². The molecule has 0 unspecified atom stereocenters. The molecule has 0 saturated heterocycles. The molecule has 1 atom stereocenters. The van der Waals surface area contributed by atoms with E-state index in [2.05, 4.69) is 16.6 Å². The number of aliphatic hydroxyl groups is 1. The van der Waals surface area contributed by atoms with Crippen LogP contribution in [0.2, 0.25) is 0 Å². The topological polar surface area (TPSA) is 105 Å². The minimum absolute atomic E-state index is 0.0603. The molecule has 178 valence electrons. The van der Waals surface area contributed by atoms with Gasteiger partial charge in [0.05, 0.1) is 19.1 Å². The Balaban J connectivity index is 1.87. The zero-order valence-electron chi connectivity index (χ0n) is 19.1. The molecule has 7 nitrogen and oxygen atoms in total. The Morgan fingerprint density at radius 1 is 1.09 bits per heavy atom. The second kappa shape index (κ2) is 11.0. The van der Waals surface area contributed by atoms with Crippen molar-refractivity contribution < 1.29 is 23.1 Å². The van der Waals surface area contributed by atoms with Crippen LogP contribution in [0.4, 0.5) is 11.4 Å². The van der Waals surface area contributed by atoms with Gasteiger partial charge in [0.15, 0.2) is 0 Å². The van der Waals surface area contributed by atoms with E-state index in [1.807, 2.05) is 13.0 Å². The average molecular weight is 481 g/mol. The van der Waals surface area contributed by atoms with Gasteiger partial charge in [-0.15, -0.1) is 0 Å². The van der Waals surface area contributed by atoms with Gasteiger partial charge in [0.2, 0.25) is 5.91 Å². The zero-order chi connectivity index (χ0) is 24.7. The van der Waals surface area contributed by atoms with Crippen molar-refractivity contribution in [2.75, 3.05) is 23.3 Å². The van der Waals surface area contributed by atoms with Gasteiger partial charge in [0.25, 0.3) is 10.0 Å². The van der Waals surface area contributed by atoms with Gasteiger partial charge in [-0.3, -0.25) is 9.52 Å². The molecule has 0 aliphatic rings. The molecule has 0 aliphatic heterocycles. The van der Waals surface area contributed by atoms with E-state index in [1.54, 1.807) is 55.5 Å². The molecular formula is C26H28N2O5S. The van der Waals surface area contributed by atoms with Crippen LogP contribution in [0.25, 0.3) is 6.08 Å². The number of carbonyl (C=O) groups excluding carboxylic acids is 1. The molecule has 0 bridgehead atoms. The van der Waals surface area contributed by atoms with Crippen LogP contribution in [0.1, 0.15) is 29.5 Å². The quantitative estimate of drug-likeness (QED) is 0.395. The first-order valence-corrected chi connectivity index (χ1v) is 12.3. The molecule has 3 aromatic carbocycles. The summed E-state index contributed by atoms with van der Waals surface area (Å²) in [5, 5.41) is 12.5. The van der Waals surface area contributed by atoms with Gasteiger partial charge in [-0.05, 0) is 54.8 Å². The fraction of sp³-hybridized carbons (Fsp3) is 0.192. The smallest absolute Gasteiger partial charge is 0.265 e. The van der Waals surface area contributed by atoms with Crippen LogP contribution in [0, 0.1) is 6.92 Å². The predicted octanol–water partition coefficient (Wildman–Crippen LogP) is 4.55. The lowest BCUT2D eigenvalue weighted by Gasteiger charge is -2.17. The third-order valence-corrected chi connectivity index (χ3v) is 6.67. The molecule has 8 heteroatoms. The lowest BCUT2D eigenvalue weighted by atomic mass is 9.99. The first-order chi connectivity index (χ1) is 16.3. The van der Waals surface area contributed by atoms with E-state index < -0.39 is 21.8 Å². The highest BCUT2D eigenvalue weighted by atomic mass is 32.2. The van der Waals surface area contributed by atoms with Crippen LogP contribution >= 0.6 is 0 Å². The van der Waals surface area contributed by atoms with Crippen LogP contribution in [0.3, 0.4) is 0 Å². The molecule has 0 aromatic heterocycles. The molecule has 0 saturated carbocycles. The molecule has 0 spiro atoms. The fourth-order valence-electron chi connectivity index (χ4n) is 3.46. The summed E-state index contributed by atoms with van der Waals surface area (Å²) in [6.45, 7) is 7.26. The molecule has 3 rings (SSSR count). The maximum atomic E-state index is 13.1. The third kappa shape index (κ3) is 5.84. The summed E-state index contributed by atoms with van der Waals surface area (Å²) in [6, 6.07) is 18.4. The van der Waals surface area contributed by atoms with Crippen LogP contribution < -0.4 is 14.8 Å². The molecule has 3 N–H and O–H groups in total. The third-order valence-electron chi connectivity index (χ3n) is 5.25. The normalized spacial score (nSPS) is 12.0. The Morgan fingerprint density at radius 3 is 2.44 bits per heavy atom. The first-order valence-electron chi connectivity index (χ1n) is 10.8. The predicted molar refractivity (Wildman–Crippen MR) is 135 cm³/mol. The number of rotatable bonds is 10. The second-order valence-electron chi connectivity index (χ2n) is 7.61. The number of nitrogens with one attached hydrogen (secondary N) is 2. The Kier molecular flexibility index (Phi) is 8.09. The monoisotopic (exact) mass is 480 g/mol. The maximum Gasteiger partial charge on any atom is 0.265 e. The van der Waals surface area contributed by atoms with E-state index in [4.69, 9.17) is 4.74 Å². The summed E-state index contributed by atoms with van der Waals surface area (Å²) >= 11 is 0. The number of hydrogen-bond donors (Lipinski definition) is 3. The number of sulfonamides is 1. The van der Waals surface area contributed by atoms with Crippen molar-refractivity contribution in [1.82, 2.24) is 0 Å². The van der Waals surface area contributed by atoms with Gasteiger partial charge >= 0.3 is 0 Å². The van der Waals surface area contributed by atoms with Crippen LogP contribution in [-0.4, -0.2) is 32.6 Å². The number of carbonyl (C=O) groups is 1. The highest BCUT2D eigenvalue weighted by molar-refractivity contribution is 7.92. The largest absolute Gasteiger partial charge is 0.492 e. The average Bonchev–Trinajstić information content (AvgIpc) is 2.81. The number of amides is 1. The summed E-state index contributed by atoms with van der Waals surface area (Å²) in [5.41, 5.74) is 3.22. The van der Waals surface area contributed by atoms with Crippen molar-refractivity contribution >= 4 is 33.4 Å². The number of aryl methyl sites for hydroxylation is 1. The molecule has 0 fully saturated rings. The van der Waals surface area contributed by atoms with E-state index in [0.717, 1.165) is 11.1 Å². The second-order valence-corrected chi connectivity index (χ2v) is 9.26. The number of anilines is 2. The summed E-state index contributed by atoms with van der Waals surface area (Å²) < 4.78 is 34.4. The number of benzene rings is 3. The zero-order valence-corrected chi connectivity index (χ0v) is 19.9. The van der Waals surface area contributed by atoms with E-state index in [1.165, 1.54) is 18.2 Å². The lowest BCUT2D eigenvalue weighted by molar-refractivity contribution is -0.118. The fourth-order valence-corrected chi connectivity index (χ4v) is 4.64. The van der Waals surface area contributed by atoms with Crippen LogP contribution in [0.15, 0.2) is 78.2 Å². The van der Waals surface area contributed by atoms with Crippen LogP contribution in [-0.2, 0) is 14.8 Å². The van der Waals surface area contributed by atoms with E-state index >= 15 is 0 Å². The Labute approximate surface area is 200 Å².